The van der Waals surface area contributed by atoms with Crippen LogP contribution in [0, 0.1) is 0 Å². The van der Waals surface area contributed by atoms with Crippen LogP contribution in [0.2, 0.25) is 0 Å². The summed E-state index contributed by atoms with van der Waals surface area (Å²) in [7, 11) is 4.74. The van der Waals surface area contributed by atoms with Crippen molar-refractivity contribution in [2.24, 2.45) is 0 Å². The molecule has 2 heterocycles. The first-order chi connectivity index (χ1) is 16.5. The minimum absolute atomic E-state index is 0.235. The topological polar surface area (TPSA) is 99.0 Å². The Kier molecular flexibility index (Phi) is 6.53. The Morgan fingerprint density at radius 2 is 1.82 bits per heavy atom. The van der Waals surface area contributed by atoms with Gasteiger partial charge in [-0.3, -0.25) is 4.90 Å². The van der Waals surface area contributed by atoms with Crippen molar-refractivity contribution in [2.75, 3.05) is 27.9 Å². The molecule has 1 aromatic heterocycles. The van der Waals surface area contributed by atoms with E-state index in [1.807, 2.05) is 37.3 Å². The summed E-state index contributed by atoms with van der Waals surface area (Å²) in [6.45, 7) is 5.96. The predicted octanol–water partition coefficient (Wildman–Crippen LogP) is 4.45. The second kappa shape index (κ2) is 9.70. The highest BCUT2D eigenvalue weighted by Crippen LogP contribution is 2.38. The van der Waals surface area contributed by atoms with E-state index in [4.69, 9.17) is 18.7 Å². The summed E-state index contributed by atoms with van der Waals surface area (Å²) in [6, 6.07) is 12.1. The Bertz CT molecular complexity index is 1230. The van der Waals surface area contributed by atoms with Crippen molar-refractivity contribution >= 4 is 11.6 Å². The number of hydrogen-bond acceptors (Lipinski definition) is 7. The second-order valence-corrected chi connectivity index (χ2v) is 7.55. The molecule has 2 amide bonds. The van der Waals surface area contributed by atoms with Crippen LogP contribution >= 0.6 is 0 Å². The molecule has 2 aromatic carbocycles. The highest BCUT2D eigenvalue weighted by Gasteiger charge is 2.35. The lowest BCUT2D eigenvalue weighted by Crippen LogP contribution is -2.46. The number of amides is 2. The summed E-state index contributed by atoms with van der Waals surface area (Å²) in [4.78, 5) is 19.1. The molecule has 34 heavy (non-hydrogen) atoms. The molecule has 9 heteroatoms. The smallest absolute Gasteiger partial charge is 0.322 e. The average molecular weight is 463 g/mol. The van der Waals surface area contributed by atoms with E-state index < -0.39 is 6.04 Å². The fourth-order valence-electron chi connectivity index (χ4n) is 3.88. The van der Waals surface area contributed by atoms with Gasteiger partial charge in [-0.15, -0.1) is 6.58 Å². The molecule has 0 bridgehead atoms. The van der Waals surface area contributed by atoms with Crippen LogP contribution in [0.4, 0.5) is 4.79 Å². The fourth-order valence-corrected chi connectivity index (χ4v) is 3.88. The maximum absolute atomic E-state index is 12.9. The third-order valence-electron chi connectivity index (χ3n) is 5.66. The lowest BCUT2D eigenvalue weighted by Gasteiger charge is -2.34. The van der Waals surface area contributed by atoms with Crippen LogP contribution in [-0.4, -0.2) is 48.9 Å². The Labute approximate surface area is 197 Å². The van der Waals surface area contributed by atoms with Gasteiger partial charge in [0.15, 0.2) is 11.5 Å². The average Bonchev–Trinajstić information content (AvgIpc) is 3.35. The van der Waals surface area contributed by atoms with Crippen LogP contribution in [0.25, 0.3) is 17.0 Å². The van der Waals surface area contributed by atoms with Crippen molar-refractivity contribution in [3.05, 3.63) is 72.3 Å². The molecule has 0 aliphatic carbocycles. The number of methoxy groups -OCH3 is 3. The third kappa shape index (κ3) is 4.19. The lowest BCUT2D eigenvalue weighted by atomic mass is 9.94. The molecule has 176 valence electrons. The normalized spacial score (nSPS) is 15.7. The molecule has 1 aliphatic heterocycles. The van der Waals surface area contributed by atoms with Crippen molar-refractivity contribution in [1.82, 2.24) is 20.4 Å². The van der Waals surface area contributed by atoms with Gasteiger partial charge in [0.05, 0.1) is 32.9 Å². The largest absolute Gasteiger partial charge is 0.497 e. The number of aromatic nitrogens is 2. The third-order valence-corrected chi connectivity index (χ3v) is 5.66. The molecule has 1 atom stereocenters. The van der Waals surface area contributed by atoms with E-state index in [1.54, 1.807) is 44.4 Å². The monoisotopic (exact) mass is 462 g/mol. The van der Waals surface area contributed by atoms with Gasteiger partial charge in [-0.2, -0.15) is 4.98 Å². The van der Waals surface area contributed by atoms with Gasteiger partial charge >= 0.3 is 6.03 Å². The number of urea groups is 1. The number of nitrogens with zero attached hydrogens (tertiary/aromatic N) is 3. The summed E-state index contributed by atoms with van der Waals surface area (Å²) in [5.41, 5.74) is 2.96. The Morgan fingerprint density at radius 3 is 2.47 bits per heavy atom. The van der Waals surface area contributed by atoms with E-state index >= 15 is 0 Å². The number of carbonyl (C=O) groups excluding carboxylic acids is 1. The molecule has 1 N–H and O–H groups in total. The maximum atomic E-state index is 12.9. The molecule has 1 unspecified atom stereocenters. The number of ether oxygens (including phenoxy) is 3. The minimum atomic E-state index is -0.488. The van der Waals surface area contributed by atoms with Crippen LogP contribution in [0.15, 0.2) is 65.3 Å². The lowest BCUT2D eigenvalue weighted by molar-refractivity contribution is 0.209. The number of rotatable bonds is 8. The summed E-state index contributed by atoms with van der Waals surface area (Å²) in [6.07, 6.45) is 1.66. The number of hydrogen-bond donors (Lipinski definition) is 1. The number of allylic oxidation sites excluding steroid dienone is 1. The molecular weight excluding hydrogens is 436 g/mol. The Hall–Kier alpha value is -4.27. The van der Waals surface area contributed by atoms with Gasteiger partial charge < -0.3 is 24.1 Å². The number of nitrogens with one attached hydrogen (secondary N) is 1. The van der Waals surface area contributed by atoms with Gasteiger partial charge in [-0.1, -0.05) is 23.4 Å². The first-order valence-electron chi connectivity index (χ1n) is 10.6. The second-order valence-electron chi connectivity index (χ2n) is 7.55. The van der Waals surface area contributed by atoms with E-state index in [1.165, 1.54) is 0 Å². The van der Waals surface area contributed by atoms with E-state index in [0.717, 1.165) is 11.3 Å². The van der Waals surface area contributed by atoms with Crippen LogP contribution < -0.4 is 19.5 Å². The van der Waals surface area contributed by atoms with Crippen molar-refractivity contribution in [3.63, 3.8) is 0 Å². The fraction of sp³-hybridized carbons (Fsp3) is 0.240. The van der Waals surface area contributed by atoms with Gasteiger partial charge in [0.1, 0.15) is 5.75 Å². The van der Waals surface area contributed by atoms with Crippen molar-refractivity contribution in [2.45, 2.75) is 13.0 Å². The summed E-state index contributed by atoms with van der Waals surface area (Å²) in [5, 5.41) is 7.23. The van der Waals surface area contributed by atoms with Crippen LogP contribution in [0.5, 0.6) is 17.2 Å². The van der Waals surface area contributed by atoms with Gasteiger partial charge in [-0.05, 0) is 42.8 Å². The van der Waals surface area contributed by atoms with Crippen molar-refractivity contribution in [1.29, 1.82) is 0 Å². The van der Waals surface area contributed by atoms with Crippen molar-refractivity contribution < 1.29 is 23.5 Å². The van der Waals surface area contributed by atoms with Gasteiger partial charge in [0, 0.05) is 17.8 Å². The summed E-state index contributed by atoms with van der Waals surface area (Å²) >= 11 is 0. The highest BCUT2D eigenvalue weighted by atomic mass is 16.5. The molecule has 0 spiro atoms. The first-order valence-corrected chi connectivity index (χ1v) is 10.6. The number of carbonyl (C=O) groups is 1. The highest BCUT2D eigenvalue weighted by molar-refractivity contribution is 5.87. The molecule has 0 saturated carbocycles. The first kappa shape index (κ1) is 22.9. The summed E-state index contributed by atoms with van der Waals surface area (Å²) in [5.74, 6) is 2.56. The molecule has 9 nitrogen and oxygen atoms in total. The molecule has 0 saturated heterocycles. The van der Waals surface area contributed by atoms with E-state index in [2.05, 4.69) is 22.0 Å². The SMILES string of the molecule is C=CCN1C(=O)NC(c2ccc(OC)cc2)C(c2nc(-c3ccc(OC)c(OC)c3)no2)=C1C. The molecule has 1 aliphatic rings. The van der Waals surface area contributed by atoms with E-state index in [9.17, 15) is 4.79 Å². The van der Waals surface area contributed by atoms with Crippen molar-refractivity contribution in [3.8, 4) is 28.6 Å². The van der Waals surface area contributed by atoms with Crippen LogP contribution in [-0.2, 0) is 0 Å². The zero-order valence-corrected chi connectivity index (χ0v) is 19.5. The maximum Gasteiger partial charge on any atom is 0.322 e. The molecule has 3 aromatic rings. The molecule has 0 radical (unpaired) electrons. The molecule has 0 fully saturated rings. The zero-order chi connectivity index (χ0) is 24.2. The van der Waals surface area contributed by atoms with Gasteiger partial charge in [0.25, 0.3) is 5.89 Å². The van der Waals surface area contributed by atoms with Crippen LogP contribution in [0.1, 0.15) is 24.4 Å². The van der Waals surface area contributed by atoms with E-state index in [-0.39, 0.29) is 6.03 Å². The van der Waals surface area contributed by atoms with Gasteiger partial charge in [-0.25, -0.2) is 4.79 Å². The van der Waals surface area contributed by atoms with E-state index in [0.29, 0.717) is 46.6 Å². The molecule has 4 rings (SSSR count). The Morgan fingerprint density at radius 1 is 1.09 bits per heavy atom. The standard InChI is InChI=1S/C25H26N4O5/c1-6-13-29-15(2)21(22(26-25(29)30)16-7-10-18(31-3)11-8-16)24-27-23(28-34-24)17-9-12-19(32-4)20(14-17)33-5/h6-12,14,22H,1,13H2,2-5H3,(H,26,30). The Balaban J connectivity index is 1.79. The molecular formula is C25H26N4O5. The van der Waals surface area contributed by atoms with Gasteiger partial charge in [0.2, 0.25) is 5.82 Å². The minimum Gasteiger partial charge on any atom is -0.497 e. The number of benzene rings is 2. The zero-order valence-electron chi connectivity index (χ0n) is 19.5. The van der Waals surface area contributed by atoms with Crippen LogP contribution in [0.3, 0.4) is 0 Å². The quantitative estimate of drug-likeness (QED) is 0.494. The summed E-state index contributed by atoms with van der Waals surface area (Å²) < 4.78 is 21.7. The predicted molar refractivity (Wildman–Crippen MR) is 127 cm³/mol.